The molecule has 0 spiro atoms. The highest BCUT2D eigenvalue weighted by atomic mass is 32.1. The first kappa shape index (κ1) is 13.0. The first-order chi connectivity index (χ1) is 8.62. The molecule has 0 bridgehead atoms. The number of rotatable bonds is 4. The van der Waals surface area contributed by atoms with E-state index in [0.717, 1.165) is 24.2 Å². The molecule has 2 aromatic rings. The smallest absolute Gasteiger partial charge is 0.195 e. The van der Waals surface area contributed by atoms with Gasteiger partial charge in [0.25, 0.3) is 0 Å². The second-order valence-electron chi connectivity index (χ2n) is 4.63. The third-order valence-corrected chi connectivity index (χ3v) is 3.93. The van der Waals surface area contributed by atoms with Crippen molar-refractivity contribution in [3.63, 3.8) is 0 Å². The van der Waals surface area contributed by atoms with Crippen LogP contribution in [-0.4, -0.2) is 19.7 Å². The fourth-order valence-corrected chi connectivity index (χ4v) is 2.41. The quantitative estimate of drug-likeness (QED) is 0.857. The second kappa shape index (κ2) is 5.02. The van der Waals surface area contributed by atoms with Gasteiger partial charge in [0, 0.05) is 23.5 Å². The van der Waals surface area contributed by atoms with Gasteiger partial charge in [-0.05, 0) is 44.1 Å². The zero-order chi connectivity index (χ0) is 13.2. The average molecular weight is 262 g/mol. The van der Waals surface area contributed by atoms with E-state index in [0.29, 0.717) is 4.77 Å². The van der Waals surface area contributed by atoms with Crippen LogP contribution in [0.4, 0.5) is 0 Å². The van der Waals surface area contributed by atoms with Crippen molar-refractivity contribution >= 4 is 12.2 Å². The summed E-state index contributed by atoms with van der Waals surface area (Å²) in [5.41, 5.74) is 0.966. The summed E-state index contributed by atoms with van der Waals surface area (Å²) in [7, 11) is 0. The van der Waals surface area contributed by atoms with Gasteiger partial charge in [0.15, 0.2) is 10.6 Å². The molecule has 0 saturated heterocycles. The summed E-state index contributed by atoms with van der Waals surface area (Å²) in [6.45, 7) is 6.55. The molecule has 0 amide bonds. The Kier molecular flexibility index (Phi) is 3.61. The van der Waals surface area contributed by atoms with Crippen LogP contribution in [-0.2, 0) is 5.54 Å². The van der Waals surface area contributed by atoms with E-state index in [4.69, 9.17) is 12.2 Å². The Morgan fingerprint density at radius 3 is 2.67 bits per heavy atom. The largest absolute Gasteiger partial charge is 0.294 e. The Hall–Kier alpha value is -1.49. The summed E-state index contributed by atoms with van der Waals surface area (Å²) < 4.78 is 2.78. The van der Waals surface area contributed by atoms with Crippen LogP contribution in [0.2, 0.25) is 0 Å². The minimum atomic E-state index is -0.0186. The van der Waals surface area contributed by atoms with E-state index in [1.54, 1.807) is 6.20 Å². The molecule has 0 aliphatic rings. The highest BCUT2D eigenvalue weighted by Gasteiger charge is 2.26. The van der Waals surface area contributed by atoms with Crippen LogP contribution in [0, 0.1) is 4.77 Å². The van der Waals surface area contributed by atoms with Crippen LogP contribution in [0.5, 0.6) is 0 Å². The first-order valence-electron chi connectivity index (χ1n) is 6.20. The van der Waals surface area contributed by atoms with Crippen LogP contribution in [0.15, 0.2) is 24.5 Å². The number of hydrogen-bond acceptors (Lipinski definition) is 3. The van der Waals surface area contributed by atoms with E-state index in [1.165, 1.54) is 0 Å². The van der Waals surface area contributed by atoms with Gasteiger partial charge in [-0.2, -0.15) is 5.10 Å². The average Bonchev–Trinajstić information content (AvgIpc) is 2.81. The first-order valence-corrected chi connectivity index (χ1v) is 6.61. The van der Waals surface area contributed by atoms with Gasteiger partial charge in [0.2, 0.25) is 0 Å². The van der Waals surface area contributed by atoms with Gasteiger partial charge in [-0.3, -0.25) is 14.6 Å². The molecule has 2 rings (SSSR count). The fourth-order valence-electron chi connectivity index (χ4n) is 2.05. The number of aromatic nitrogens is 4. The van der Waals surface area contributed by atoms with E-state index in [2.05, 4.69) is 40.5 Å². The molecule has 0 aliphatic carbocycles. The third-order valence-electron chi connectivity index (χ3n) is 3.66. The van der Waals surface area contributed by atoms with Crippen LogP contribution >= 0.6 is 12.2 Å². The van der Waals surface area contributed by atoms with Crippen molar-refractivity contribution in [2.75, 3.05) is 0 Å². The number of H-pyrrole nitrogens is 1. The number of nitrogens with zero attached hydrogens (tertiary/aromatic N) is 3. The molecule has 1 N–H and O–H groups in total. The van der Waals surface area contributed by atoms with Crippen LogP contribution in [0.25, 0.3) is 11.4 Å². The molecule has 0 fully saturated rings. The normalized spacial score (nSPS) is 11.7. The van der Waals surface area contributed by atoms with Gasteiger partial charge in [-0.1, -0.05) is 13.8 Å². The molecular formula is C13H18N4S. The lowest BCUT2D eigenvalue weighted by molar-refractivity contribution is 0.293. The number of hydrogen-bond donors (Lipinski definition) is 1. The van der Waals surface area contributed by atoms with Gasteiger partial charge in [0.05, 0.1) is 0 Å². The van der Waals surface area contributed by atoms with E-state index >= 15 is 0 Å². The lowest BCUT2D eigenvalue weighted by atomic mass is 9.95. The minimum absolute atomic E-state index is 0.0186. The maximum atomic E-state index is 5.38. The maximum Gasteiger partial charge on any atom is 0.195 e. The Morgan fingerprint density at radius 1 is 1.39 bits per heavy atom. The lowest BCUT2D eigenvalue weighted by Gasteiger charge is -2.29. The molecule has 5 heteroatoms. The van der Waals surface area contributed by atoms with Crippen molar-refractivity contribution in [2.24, 2.45) is 0 Å². The summed E-state index contributed by atoms with van der Waals surface area (Å²) in [6.07, 6.45) is 5.58. The number of aromatic amines is 1. The zero-order valence-corrected chi connectivity index (χ0v) is 11.8. The summed E-state index contributed by atoms with van der Waals surface area (Å²) in [4.78, 5) is 4.14. The van der Waals surface area contributed by atoms with E-state index in [-0.39, 0.29) is 5.54 Å². The Morgan fingerprint density at radius 2 is 2.11 bits per heavy atom. The molecule has 96 valence electrons. The monoisotopic (exact) mass is 262 g/mol. The van der Waals surface area contributed by atoms with Crippen LogP contribution < -0.4 is 0 Å². The van der Waals surface area contributed by atoms with Gasteiger partial charge in [-0.25, -0.2) is 0 Å². The zero-order valence-electron chi connectivity index (χ0n) is 11.0. The fraction of sp³-hybridized carbons (Fsp3) is 0.462. The molecular weight excluding hydrogens is 244 g/mol. The molecule has 0 aromatic carbocycles. The van der Waals surface area contributed by atoms with Crippen molar-refractivity contribution in [3.05, 3.63) is 29.3 Å². The van der Waals surface area contributed by atoms with Gasteiger partial charge >= 0.3 is 0 Å². The van der Waals surface area contributed by atoms with E-state index < -0.39 is 0 Å². The highest BCUT2D eigenvalue weighted by molar-refractivity contribution is 7.71. The predicted molar refractivity (Wildman–Crippen MR) is 74.9 cm³/mol. The molecule has 4 nitrogen and oxygen atoms in total. The van der Waals surface area contributed by atoms with E-state index in [9.17, 15) is 0 Å². The van der Waals surface area contributed by atoms with Crippen LogP contribution in [0.3, 0.4) is 0 Å². The van der Waals surface area contributed by atoms with Crippen molar-refractivity contribution in [2.45, 2.75) is 39.2 Å². The molecule has 2 heterocycles. The van der Waals surface area contributed by atoms with Crippen molar-refractivity contribution in [1.82, 2.24) is 19.7 Å². The summed E-state index contributed by atoms with van der Waals surface area (Å²) in [5, 5.41) is 7.25. The maximum absolute atomic E-state index is 5.38. The number of pyridine rings is 1. The lowest BCUT2D eigenvalue weighted by Crippen LogP contribution is -2.29. The standard InChI is InChI=1S/C13H18N4S/c1-4-13(3,5-2)17-11(15-16-12(17)18)10-7-6-8-14-9-10/h6-9H,4-5H2,1-3H3,(H,16,18). The van der Waals surface area contributed by atoms with Crippen LogP contribution in [0.1, 0.15) is 33.6 Å². The molecule has 0 aliphatic heterocycles. The Labute approximate surface area is 112 Å². The highest BCUT2D eigenvalue weighted by Crippen LogP contribution is 2.29. The molecule has 0 unspecified atom stereocenters. The summed E-state index contributed by atoms with van der Waals surface area (Å²) in [6, 6.07) is 3.91. The van der Waals surface area contributed by atoms with Crippen molar-refractivity contribution in [1.29, 1.82) is 0 Å². The molecule has 0 radical (unpaired) electrons. The van der Waals surface area contributed by atoms with Gasteiger partial charge in [-0.15, -0.1) is 0 Å². The molecule has 18 heavy (non-hydrogen) atoms. The second-order valence-corrected chi connectivity index (χ2v) is 5.02. The third kappa shape index (κ3) is 2.10. The van der Waals surface area contributed by atoms with Crippen molar-refractivity contribution < 1.29 is 0 Å². The summed E-state index contributed by atoms with van der Waals surface area (Å²) in [5.74, 6) is 0.860. The summed E-state index contributed by atoms with van der Waals surface area (Å²) >= 11 is 5.38. The predicted octanol–water partition coefficient (Wildman–Crippen LogP) is 3.54. The topological polar surface area (TPSA) is 46.5 Å². The molecule has 2 aromatic heterocycles. The Bertz CT molecular complexity index is 566. The van der Waals surface area contributed by atoms with Gasteiger partial charge in [0.1, 0.15) is 0 Å². The Balaban J connectivity index is 2.62. The molecule has 0 saturated carbocycles. The van der Waals surface area contributed by atoms with E-state index in [1.807, 2.05) is 18.3 Å². The minimum Gasteiger partial charge on any atom is -0.294 e. The SMILES string of the molecule is CCC(C)(CC)n1c(-c2cccnc2)n[nH]c1=S. The van der Waals surface area contributed by atoms with Crippen molar-refractivity contribution in [3.8, 4) is 11.4 Å². The number of nitrogens with one attached hydrogen (secondary N) is 1. The molecule has 0 atom stereocenters. The van der Waals surface area contributed by atoms with Gasteiger partial charge < -0.3 is 0 Å².